The van der Waals surface area contributed by atoms with Crippen molar-refractivity contribution in [2.24, 2.45) is 5.41 Å². The predicted molar refractivity (Wildman–Crippen MR) is 69.4 cm³/mol. The fourth-order valence-corrected chi connectivity index (χ4v) is 1.81. The topological polar surface area (TPSA) is 29.5 Å². The van der Waals surface area contributed by atoms with Crippen LogP contribution in [-0.4, -0.2) is 18.3 Å². The van der Waals surface area contributed by atoms with Gasteiger partial charge in [-0.2, -0.15) is 0 Å². The number of ether oxygens (including phenoxy) is 1. The Hall–Kier alpha value is -1.02. The molecule has 1 aromatic rings. The maximum atomic E-state index is 9.24. The van der Waals surface area contributed by atoms with Crippen molar-refractivity contribution in [1.29, 1.82) is 0 Å². The minimum absolute atomic E-state index is 0.0533. The zero-order valence-electron chi connectivity index (χ0n) is 11.0. The third-order valence-electron chi connectivity index (χ3n) is 3.54. The van der Waals surface area contributed by atoms with E-state index in [0.29, 0.717) is 6.61 Å². The molecule has 1 aliphatic rings. The van der Waals surface area contributed by atoms with E-state index in [0.717, 1.165) is 18.6 Å². The molecule has 17 heavy (non-hydrogen) atoms. The van der Waals surface area contributed by atoms with Crippen molar-refractivity contribution >= 4 is 0 Å². The molecule has 1 aromatic carbocycles. The Morgan fingerprint density at radius 1 is 1.29 bits per heavy atom. The van der Waals surface area contributed by atoms with E-state index in [1.165, 1.54) is 5.56 Å². The first kappa shape index (κ1) is 12.4. The highest BCUT2D eigenvalue weighted by Gasteiger charge is 2.42. The quantitative estimate of drug-likeness (QED) is 0.867. The van der Waals surface area contributed by atoms with E-state index in [2.05, 4.69) is 32.9 Å². The van der Waals surface area contributed by atoms with Crippen LogP contribution in [0.4, 0.5) is 0 Å². The first-order chi connectivity index (χ1) is 7.95. The molecule has 0 atom stereocenters. The van der Waals surface area contributed by atoms with Crippen LogP contribution in [0.25, 0.3) is 0 Å². The van der Waals surface area contributed by atoms with Gasteiger partial charge in [-0.15, -0.1) is 0 Å². The molecule has 0 aromatic heterocycles. The summed E-state index contributed by atoms with van der Waals surface area (Å²) in [6.45, 7) is 7.47. The zero-order chi connectivity index (χ0) is 12.5. The van der Waals surface area contributed by atoms with Gasteiger partial charge < -0.3 is 9.84 Å². The highest BCUT2D eigenvalue weighted by Crippen LogP contribution is 2.45. The SMILES string of the molecule is CC(C)(C)c1cccc(OCC2(CO)CC2)c1. The van der Waals surface area contributed by atoms with E-state index in [1.807, 2.05) is 12.1 Å². The molecule has 1 N–H and O–H groups in total. The summed E-state index contributed by atoms with van der Waals surface area (Å²) in [6, 6.07) is 8.26. The van der Waals surface area contributed by atoms with Crippen LogP contribution in [-0.2, 0) is 5.41 Å². The summed E-state index contributed by atoms with van der Waals surface area (Å²) in [4.78, 5) is 0. The molecular weight excluding hydrogens is 212 g/mol. The largest absolute Gasteiger partial charge is 0.493 e. The average Bonchev–Trinajstić information content (AvgIpc) is 3.06. The second kappa shape index (κ2) is 4.34. The van der Waals surface area contributed by atoms with Crippen LogP contribution in [0.15, 0.2) is 24.3 Å². The Labute approximate surface area is 104 Å². The summed E-state index contributed by atoms with van der Waals surface area (Å²) in [5, 5.41) is 9.24. The third kappa shape index (κ3) is 3.01. The van der Waals surface area contributed by atoms with Crippen molar-refractivity contribution in [3.63, 3.8) is 0 Å². The van der Waals surface area contributed by atoms with Crippen molar-refractivity contribution in [2.75, 3.05) is 13.2 Å². The highest BCUT2D eigenvalue weighted by atomic mass is 16.5. The molecule has 2 heteroatoms. The maximum absolute atomic E-state index is 9.24. The fourth-order valence-electron chi connectivity index (χ4n) is 1.81. The summed E-state index contributed by atoms with van der Waals surface area (Å²) in [6.07, 6.45) is 2.17. The lowest BCUT2D eigenvalue weighted by Crippen LogP contribution is -2.17. The molecule has 0 aliphatic heterocycles. The molecule has 1 saturated carbocycles. The van der Waals surface area contributed by atoms with E-state index in [-0.39, 0.29) is 17.4 Å². The van der Waals surface area contributed by atoms with Gasteiger partial charge in [0.05, 0.1) is 13.2 Å². The molecule has 1 fully saturated rings. The van der Waals surface area contributed by atoms with Gasteiger partial charge in [0.1, 0.15) is 5.75 Å². The zero-order valence-corrected chi connectivity index (χ0v) is 11.0. The van der Waals surface area contributed by atoms with Gasteiger partial charge in [0, 0.05) is 5.41 Å². The van der Waals surface area contributed by atoms with Crippen LogP contribution in [0.5, 0.6) is 5.75 Å². The van der Waals surface area contributed by atoms with Gasteiger partial charge in [-0.25, -0.2) is 0 Å². The van der Waals surface area contributed by atoms with Crippen LogP contribution in [0.2, 0.25) is 0 Å². The lowest BCUT2D eigenvalue weighted by molar-refractivity contribution is 0.146. The Morgan fingerprint density at radius 3 is 2.53 bits per heavy atom. The summed E-state index contributed by atoms with van der Waals surface area (Å²) in [7, 11) is 0. The van der Waals surface area contributed by atoms with Crippen molar-refractivity contribution < 1.29 is 9.84 Å². The molecule has 0 unspecified atom stereocenters. The van der Waals surface area contributed by atoms with E-state index in [4.69, 9.17) is 4.74 Å². The summed E-state index contributed by atoms with van der Waals surface area (Å²) < 4.78 is 5.80. The van der Waals surface area contributed by atoms with Gasteiger partial charge >= 0.3 is 0 Å². The van der Waals surface area contributed by atoms with E-state index in [1.54, 1.807) is 0 Å². The molecule has 2 rings (SSSR count). The summed E-state index contributed by atoms with van der Waals surface area (Å²) in [5.41, 5.74) is 1.48. The second-order valence-electron chi connectivity index (χ2n) is 6.22. The first-order valence-electron chi connectivity index (χ1n) is 6.29. The van der Waals surface area contributed by atoms with Crippen molar-refractivity contribution in [3.8, 4) is 5.75 Å². The van der Waals surface area contributed by atoms with Gasteiger partial charge in [0.15, 0.2) is 0 Å². The molecule has 0 radical (unpaired) electrons. The first-order valence-corrected chi connectivity index (χ1v) is 6.29. The van der Waals surface area contributed by atoms with Gasteiger partial charge in [0.25, 0.3) is 0 Å². The minimum atomic E-state index is 0.0533. The number of benzene rings is 1. The molecule has 0 amide bonds. The van der Waals surface area contributed by atoms with Gasteiger partial charge in [-0.05, 0) is 36.0 Å². The molecule has 0 spiro atoms. The fraction of sp³-hybridized carbons (Fsp3) is 0.600. The van der Waals surface area contributed by atoms with Crippen LogP contribution < -0.4 is 4.74 Å². The number of hydrogen-bond acceptors (Lipinski definition) is 2. The average molecular weight is 234 g/mol. The van der Waals surface area contributed by atoms with Crippen molar-refractivity contribution in [1.82, 2.24) is 0 Å². The summed E-state index contributed by atoms with van der Waals surface area (Å²) >= 11 is 0. The lowest BCUT2D eigenvalue weighted by atomic mass is 9.87. The lowest BCUT2D eigenvalue weighted by Gasteiger charge is -2.20. The molecule has 0 heterocycles. The van der Waals surface area contributed by atoms with Crippen LogP contribution in [0.3, 0.4) is 0 Å². The number of aliphatic hydroxyl groups is 1. The Kier molecular flexibility index (Phi) is 3.17. The van der Waals surface area contributed by atoms with Crippen molar-refractivity contribution in [2.45, 2.75) is 39.0 Å². The molecule has 1 aliphatic carbocycles. The summed E-state index contributed by atoms with van der Waals surface area (Å²) in [5.74, 6) is 0.914. The van der Waals surface area contributed by atoms with E-state index < -0.39 is 0 Å². The highest BCUT2D eigenvalue weighted by molar-refractivity contribution is 5.32. The monoisotopic (exact) mass is 234 g/mol. The third-order valence-corrected chi connectivity index (χ3v) is 3.54. The smallest absolute Gasteiger partial charge is 0.119 e. The van der Waals surface area contributed by atoms with Gasteiger partial charge in [0.2, 0.25) is 0 Å². The van der Waals surface area contributed by atoms with Gasteiger partial charge in [-0.3, -0.25) is 0 Å². The van der Waals surface area contributed by atoms with Crippen LogP contribution in [0, 0.1) is 5.41 Å². The van der Waals surface area contributed by atoms with Crippen LogP contribution in [0.1, 0.15) is 39.2 Å². The Bertz CT molecular complexity index is 386. The molecule has 94 valence electrons. The molecule has 0 bridgehead atoms. The van der Waals surface area contributed by atoms with Crippen LogP contribution >= 0.6 is 0 Å². The number of rotatable bonds is 4. The Morgan fingerprint density at radius 2 is 2.00 bits per heavy atom. The van der Waals surface area contributed by atoms with Crippen molar-refractivity contribution in [3.05, 3.63) is 29.8 Å². The molecule has 0 saturated heterocycles. The predicted octanol–water partition coefficient (Wildman–Crippen LogP) is 3.14. The maximum Gasteiger partial charge on any atom is 0.119 e. The number of aliphatic hydroxyl groups excluding tert-OH is 1. The van der Waals surface area contributed by atoms with E-state index >= 15 is 0 Å². The number of hydrogen-bond donors (Lipinski definition) is 1. The standard InChI is InChI=1S/C15H22O2/c1-14(2,3)12-5-4-6-13(9-12)17-11-15(10-16)7-8-15/h4-6,9,16H,7-8,10-11H2,1-3H3. The minimum Gasteiger partial charge on any atom is -0.493 e. The van der Waals surface area contributed by atoms with E-state index in [9.17, 15) is 5.11 Å². The second-order valence-corrected chi connectivity index (χ2v) is 6.22. The Balaban J connectivity index is 2.02. The molecular formula is C15H22O2. The van der Waals surface area contributed by atoms with Gasteiger partial charge in [-0.1, -0.05) is 32.9 Å². The molecule has 2 nitrogen and oxygen atoms in total. The normalized spacial score (nSPS) is 17.9.